The lowest BCUT2D eigenvalue weighted by molar-refractivity contribution is -0.133. The molecule has 2 heteroatoms. The van der Waals surface area contributed by atoms with Gasteiger partial charge in [-0.2, -0.15) is 0 Å². The summed E-state index contributed by atoms with van der Waals surface area (Å²) in [4.78, 5) is 15.8. The third-order valence-corrected chi connectivity index (χ3v) is 6.26. The number of benzene rings is 4. The topological polar surface area (TPSA) is 20.3 Å². The predicted molar refractivity (Wildman–Crippen MR) is 138 cm³/mol. The Hall–Kier alpha value is -3.39. The molecular weight excluding hydrogens is 402 g/mol. The van der Waals surface area contributed by atoms with Crippen LogP contribution in [0.1, 0.15) is 48.9 Å². The van der Waals surface area contributed by atoms with Gasteiger partial charge in [-0.05, 0) is 52.3 Å². The van der Waals surface area contributed by atoms with Crippen LogP contribution in [0.3, 0.4) is 0 Å². The molecule has 4 aromatic carbocycles. The van der Waals surface area contributed by atoms with E-state index in [0.717, 1.165) is 17.5 Å². The molecule has 0 aliphatic heterocycles. The lowest BCUT2D eigenvalue weighted by atomic mass is 9.95. The summed E-state index contributed by atoms with van der Waals surface area (Å²) >= 11 is 0. The summed E-state index contributed by atoms with van der Waals surface area (Å²) in [5.74, 6) is 0.581. The molecule has 0 bridgehead atoms. The Kier molecular flexibility index (Phi) is 7.24. The first kappa shape index (κ1) is 22.8. The summed E-state index contributed by atoms with van der Waals surface area (Å²) in [6.45, 7) is 7.67. The van der Waals surface area contributed by atoms with E-state index >= 15 is 0 Å². The highest BCUT2D eigenvalue weighted by Gasteiger charge is 2.23. The van der Waals surface area contributed by atoms with E-state index in [1.54, 1.807) is 0 Å². The minimum absolute atomic E-state index is 0.156. The van der Waals surface area contributed by atoms with Crippen LogP contribution in [-0.4, -0.2) is 10.8 Å². The van der Waals surface area contributed by atoms with Crippen LogP contribution < -0.4 is 0 Å². The number of amides is 1. The molecule has 33 heavy (non-hydrogen) atoms. The average Bonchev–Trinajstić information content (AvgIpc) is 2.84. The molecule has 1 unspecified atom stereocenters. The largest absolute Gasteiger partial charge is 0.334 e. The summed E-state index contributed by atoms with van der Waals surface area (Å²) in [5.41, 5.74) is 4.72. The Balaban J connectivity index is 1.61. The molecule has 4 aromatic rings. The van der Waals surface area contributed by atoms with Crippen molar-refractivity contribution in [1.29, 1.82) is 0 Å². The summed E-state index contributed by atoms with van der Waals surface area (Å²) < 4.78 is 0. The van der Waals surface area contributed by atoms with Crippen molar-refractivity contribution in [3.05, 3.63) is 119 Å². The van der Waals surface area contributed by atoms with E-state index in [-0.39, 0.29) is 11.8 Å². The van der Waals surface area contributed by atoms with Crippen LogP contribution in [0.5, 0.6) is 0 Å². The van der Waals surface area contributed by atoms with Gasteiger partial charge in [0.05, 0.1) is 5.92 Å². The second-order valence-corrected chi connectivity index (χ2v) is 9.38. The number of carbonyl (C=O) groups excluding carboxylic acids is 1. The van der Waals surface area contributed by atoms with Gasteiger partial charge in [-0.1, -0.05) is 111 Å². The maximum atomic E-state index is 13.8. The second kappa shape index (κ2) is 10.5. The van der Waals surface area contributed by atoms with Crippen molar-refractivity contribution in [3.8, 4) is 0 Å². The number of carbonyl (C=O) groups is 1. The van der Waals surface area contributed by atoms with Gasteiger partial charge in [-0.25, -0.2) is 0 Å². The molecule has 168 valence electrons. The molecule has 0 aliphatic rings. The number of rotatable bonds is 8. The van der Waals surface area contributed by atoms with Crippen LogP contribution in [0.25, 0.3) is 10.8 Å². The third-order valence-electron chi connectivity index (χ3n) is 6.26. The van der Waals surface area contributed by atoms with Gasteiger partial charge in [0, 0.05) is 13.1 Å². The van der Waals surface area contributed by atoms with Gasteiger partial charge in [-0.15, -0.1) is 0 Å². The summed E-state index contributed by atoms with van der Waals surface area (Å²) in [6, 6.07) is 33.6. The lowest BCUT2D eigenvalue weighted by Gasteiger charge is -2.27. The third kappa shape index (κ3) is 5.70. The molecular formula is C31H33NO. The van der Waals surface area contributed by atoms with Gasteiger partial charge in [0.2, 0.25) is 5.91 Å². The van der Waals surface area contributed by atoms with Crippen LogP contribution in [0.4, 0.5) is 0 Å². The van der Waals surface area contributed by atoms with E-state index in [0.29, 0.717) is 19.0 Å². The van der Waals surface area contributed by atoms with Crippen molar-refractivity contribution in [2.75, 3.05) is 0 Å². The van der Waals surface area contributed by atoms with Crippen molar-refractivity contribution in [3.63, 3.8) is 0 Å². The van der Waals surface area contributed by atoms with Crippen molar-refractivity contribution in [1.82, 2.24) is 4.90 Å². The first-order valence-electron chi connectivity index (χ1n) is 11.9. The molecule has 1 amide bonds. The van der Waals surface area contributed by atoms with Crippen LogP contribution in [0.2, 0.25) is 0 Å². The van der Waals surface area contributed by atoms with Crippen LogP contribution in [0, 0.1) is 5.92 Å². The second-order valence-electron chi connectivity index (χ2n) is 9.38. The fraction of sp³-hybridized carbons (Fsp3) is 0.258. The van der Waals surface area contributed by atoms with Crippen molar-refractivity contribution >= 4 is 16.7 Å². The zero-order valence-corrected chi connectivity index (χ0v) is 19.9. The maximum Gasteiger partial charge on any atom is 0.230 e. The van der Waals surface area contributed by atoms with Gasteiger partial charge in [0.25, 0.3) is 0 Å². The SMILES string of the molecule is CC(C)Cc1ccc(C(C)C(=O)N(Cc2ccccc2)Cc2cccc3ccccc23)cc1. The number of fused-ring (bicyclic) bond motifs is 1. The molecule has 4 rings (SSSR count). The highest BCUT2D eigenvalue weighted by Crippen LogP contribution is 2.25. The molecule has 0 N–H and O–H groups in total. The summed E-state index contributed by atoms with van der Waals surface area (Å²) in [5, 5.41) is 2.41. The molecule has 0 radical (unpaired) electrons. The number of hydrogen-bond donors (Lipinski definition) is 0. The van der Waals surface area contributed by atoms with Gasteiger partial charge in [0.15, 0.2) is 0 Å². The first-order valence-corrected chi connectivity index (χ1v) is 11.9. The molecule has 0 aliphatic carbocycles. The molecule has 0 saturated carbocycles. The maximum absolute atomic E-state index is 13.8. The van der Waals surface area contributed by atoms with Crippen molar-refractivity contribution in [2.45, 2.75) is 46.2 Å². The molecule has 2 nitrogen and oxygen atoms in total. The standard InChI is InChI=1S/C31H33NO/c1-23(2)20-25-16-18-27(19-17-25)24(3)31(33)32(21-26-10-5-4-6-11-26)22-29-14-9-13-28-12-7-8-15-30(28)29/h4-19,23-24H,20-22H2,1-3H3. The van der Waals surface area contributed by atoms with Gasteiger partial charge >= 0.3 is 0 Å². The first-order chi connectivity index (χ1) is 16.0. The van der Waals surface area contributed by atoms with Crippen LogP contribution >= 0.6 is 0 Å². The minimum Gasteiger partial charge on any atom is -0.334 e. The number of nitrogens with zero attached hydrogens (tertiary/aromatic N) is 1. The Morgan fingerprint density at radius 3 is 2.09 bits per heavy atom. The number of hydrogen-bond acceptors (Lipinski definition) is 1. The monoisotopic (exact) mass is 435 g/mol. The summed E-state index contributed by atoms with van der Waals surface area (Å²) in [6.07, 6.45) is 1.06. The smallest absolute Gasteiger partial charge is 0.230 e. The van der Waals surface area contributed by atoms with E-state index in [1.807, 2.05) is 30.0 Å². The minimum atomic E-state index is -0.197. The molecule has 0 spiro atoms. The molecule has 1 atom stereocenters. The van der Waals surface area contributed by atoms with E-state index in [1.165, 1.54) is 21.9 Å². The Bertz CT molecular complexity index is 1190. The average molecular weight is 436 g/mol. The Labute approximate surface area is 197 Å². The van der Waals surface area contributed by atoms with E-state index in [4.69, 9.17) is 0 Å². The summed E-state index contributed by atoms with van der Waals surface area (Å²) in [7, 11) is 0. The van der Waals surface area contributed by atoms with Gasteiger partial charge < -0.3 is 4.90 Å². The van der Waals surface area contributed by atoms with E-state index in [9.17, 15) is 4.79 Å². The van der Waals surface area contributed by atoms with Crippen LogP contribution in [-0.2, 0) is 24.3 Å². The molecule has 0 fully saturated rings. The lowest BCUT2D eigenvalue weighted by Crippen LogP contribution is -2.33. The zero-order valence-electron chi connectivity index (χ0n) is 19.9. The van der Waals surface area contributed by atoms with Gasteiger partial charge in [-0.3, -0.25) is 4.79 Å². The quantitative estimate of drug-likeness (QED) is 0.283. The fourth-order valence-electron chi connectivity index (χ4n) is 4.48. The van der Waals surface area contributed by atoms with Crippen molar-refractivity contribution in [2.24, 2.45) is 5.92 Å². The van der Waals surface area contributed by atoms with E-state index < -0.39 is 0 Å². The molecule has 0 aromatic heterocycles. The fourth-order valence-corrected chi connectivity index (χ4v) is 4.48. The normalized spacial score (nSPS) is 12.1. The van der Waals surface area contributed by atoms with E-state index in [2.05, 4.69) is 92.7 Å². The molecule has 0 heterocycles. The predicted octanol–water partition coefficient (Wildman–Crippen LogP) is 7.37. The highest BCUT2D eigenvalue weighted by atomic mass is 16.2. The molecule has 0 saturated heterocycles. The van der Waals surface area contributed by atoms with Crippen molar-refractivity contribution < 1.29 is 4.79 Å². The van der Waals surface area contributed by atoms with Crippen LogP contribution in [0.15, 0.2) is 97.1 Å². The van der Waals surface area contributed by atoms with Gasteiger partial charge in [0.1, 0.15) is 0 Å². The Morgan fingerprint density at radius 1 is 0.697 bits per heavy atom. The highest BCUT2D eigenvalue weighted by molar-refractivity contribution is 5.87. The Morgan fingerprint density at radius 2 is 1.36 bits per heavy atom. The zero-order chi connectivity index (χ0) is 23.2.